The highest BCUT2D eigenvalue weighted by Crippen LogP contribution is 2.44. The maximum atomic E-state index is 6.82. The molecule has 46 heavy (non-hydrogen) atoms. The van der Waals surface area contributed by atoms with Gasteiger partial charge in [-0.1, -0.05) is 146 Å². The van der Waals surface area contributed by atoms with Crippen LogP contribution < -0.4 is 0 Å². The summed E-state index contributed by atoms with van der Waals surface area (Å²) in [6.07, 6.45) is 56.7. The average Bonchev–Trinajstić information content (AvgIpc) is 3.41. The van der Waals surface area contributed by atoms with Gasteiger partial charge in [-0.2, -0.15) is 0 Å². The van der Waals surface area contributed by atoms with Crippen LogP contribution in [0.3, 0.4) is 0 Å². The zero-order chi connectivity index (χ0) is 32.8. The van der Waals surface area contributed by atoms with Crippen LogP contribution >= 0.6 is 0 Å². The SMILES string of the molecule is CCCCC/C=C\C/C=C\CCCCCCCCC1(CCCCCCCC/C=C\C/C=C\CCCCC)O[C@H]2C[C@H](C)CC[C@H]2O1. The van der Waals surface area contributed by atoms with Crippen molar-refractivity contribution in [2.24, 2.45) is 5.92 Å². The molecule has 1 aliphatic heterocycles. The number of rotatable bonds is 30. The normalized spacial score (nSPS) is 21.5. The number of fused-ring (bicyclic) bond motifs is 1. The van der Waals surface area contributed by atoms with Crippen molar-refractivity contribution < 1.29 is 9.47 Å². The van der Waals surface area contributed by atoms with Gasteiger partial charge in [0.25, 0.3) is 0 Å². The van der Waals surface area contributed by atoms with Crippen LogP contribution in [0, 0.1) is 5.92 Å². The second kappa shape index (κ2) is 28.9. The van der Waals surface area contributed by atoms with Crippen molar-refractivity contribution in [1.29, 1.82) is 0 Å². The van der Waals surface area contributed by atoms with Gasteiger partial charge in [0.1, 0.15) is 0 Å². The Hall–Kier alpha value is -1.12. The molecule has 2 nitrogen and oxygen atoms in total. The fraction of sp³-hybridized carbons (Fsp3) is 0.818. The minimum atomic E-state index is -0.288. The monoisotopic (exact) mass is 639 g/mol. The van der Waals surface area contributed by atoms with E-state index in [1.54, 1.807) is 0 Å². The third-order valence-corrected chi connectivity index (χ3v) is 10.2. The number of unbranched alkanes of at least 4 members (excludes halogenated alkanes) is 18. The van der Waals surface area contributed by atoms with Crippen molar-refractivity contribution >= 4 is 0 Å². The minimum Gasteiger partial charge on any atom is -0.344 e. The summed E-state index contributed by atoms with van der Waals surface area (Å²) in [6, 6.07) is 0. The molecule has 0 N–H and O–H groups in total. The molecule has 0 radical (unpaired) electrons. The lowest BCUT2D eigenvalue weighted by atomic mass is 9.87. The first-order chi connectivity index (χ1) is 22.7. The molecule has 2 rings (SSSR count). The van der Waals surface area contributed by atoms with Gasteiger partial charge in [0, 0.05) is 12.8 Å². The first-order valence-electron chi connectivity index (χ1n) is 20.6. The van der Waals surface area contributed by atoms with Gasteiger partial charge in [-0.15, -0.1) is 0 Å². The molecule has 0 aromatic heterocycles. The molecule has 266 valence electrons. The number of hydrogen-bond donors (Lipinski definition) is 0. The molecule has 0 amide bonds. The molecule has 3 atom stereocenters. The van der Waals surface area contributed by atoms with Gasteiger partial charge in [-0.05, 0) is 102 Å². The van der Waals surface area contributed by atoms with E-state index in [0.29, 0.717) is 12.2 Å². The van der Waals surface area contributed by atoms with Crippen LogP contribution in [-0.4, -0.2) is 18.0 Å². The van der Waals surface area contributed by atoms with Crippen molar-refractivity contribution in [3.05, 3.63) is 48.6 Å². The van der Waals surface area contributed by atoms with Gasteiger partial charge < -0.3 is 9.47 Å². The van der Waals surface area contributed by atoms with Crippen molar-refractivity contribution in [3.8, 4) is 0 Å². The molecule has 0 aromatic rings. The van der Waals surface area contributed by atoms with Crippen LogP contribution in [0.1, 0.15) is 207 Å². The molecule has 2 fully saturated rings. The maximum Gasteiger partial charge on any atom is 0.169 e. The van der Waals surface area contributed by atoms with E-state index in [9.17, 15) is 0 Å². The van der Waals surface area contributed by atoms with E-state index in [2.05, 4.69) is 69.4 Å². The van der Waals surface area contributed by atoms with Crippen molar-refractivity contribution in [2.45, 2.75) is 225 Å². The Kier molecular flexibility index (Phi) is 25.7. The van der Waals surface area contributed by atoms with Crippen molar-refractivity contribution in [2.75, 3.05) is 0 Å². The van der Waals surface area contributed by atoms with Gasteiger partial charge in [-0.25, -0.2) is 0 Å². The molecule has 0 aromatic carbocycles. The molecule has 2 heteroatoms. The van der Waals surface area contributed by atoms with Crippen molar-refractivity contribution in [3.63, 3.8) is 0 Å². The largest absolute Gasteiger partial charge is 0.344 e. The number of ether oxygens (including phenoxy) is 2. The van der Waals surface area contributed by atoms with E-state index in [1.165, 1.54) is 161 Å². The summed E-state index contributed by atoms with van der Waals surface area (Å²) in [5, 5.41) is 0. The van der Waals surface area contributed by atoms with Crippen LogP contribution in [0.2, 0.25) is 0 Å². The number of allylic oxidation sites excluding steroid dienone is 8. The topological polar surface area (TPSA) is 18.5 Å². The van der Waals surface area contributed by atoms with E-state index in [1.807, 2.05) is 0 Å². The van der Waals surface area contributed by atoms with E-state index < -0.39 is 0 Å². The zero-order valence-corrected chi connectivity index (χ0v) is 31.2. The van der Waals surface area contributed by atoms with E-state index in [-0.39, 0.29) is 5.79 Å². The Morgan fingerprint density at radius 2 is 0.848 bits per heavy atom. The standard InChI is InChI=1S/C44H78O2/c1-4-6-8-10-12-14-16-18-20-22-24-26-28-30-32-34-38-44(45-42-37-36-41(3)40-43(42)46-44)39-35-33-31-29-27-25-23-21-19-17-15-13-11-9-7-5-2/h12-15,18-21,41-43H,4-11,16-17,22-40H2,1-3H3/b14-12-,15-13-,20-18-,21-19-/t41-,42-,43+/m1/s1. The summed E-state index contributed by atoms with van der Waals surface area (Å²) >= 11 is 0. The summed E-state index contributed by atoms with van der Waals surface area (Å²) in [5.41, 5.74) is 0. The predicted molar refractivity (Wildman–Crippen MR) is 203 cm³/mol. The lowest BCUT2D eigenvalue weighted by Crippen LogP contribution is -2.31. The van der Waals surface area contributed by atoms with E-state index >= 15 is 0 Å². The molecular weight excluding hydrogens is 560 g/mol. The highest BCUT2D eigenvalue weighted by atomic mass is 16.8. The number of hydrogen-bond acceptors (Lipinski definition) is 2. The molecule has 0 bridgehead atoms. The first-order valence-corrected chi connectivity index (χ1v) is 20.6. The molecule has 1 heterocycles. The Labute approximate surface area is 288 Å². The van der Waals surface area contributed by atoms with E-state index in [0.717, 1.165) is 31.6 Å². The second-order valence-electron chi connectivity index (χ2n) is 14.8. The highest BCUT2D eigenvalue weighted by molar-refractivity contribution is 4.94. The quantitative estimate of drug-likeness (QED) is 0.0575. The van der Waals surface area contributed by atoms with Gasteiger partial charge in [-0.3, -0.25) is 0 Å². The van der Waals surface area contributed by atoms with Gasteiger partial charge in [0.05, 0.1) is 12.2 Å². The molecule has 1 saturated carbocycles. The Morgan fingerprint density at radius 3 is 1.30 bits per heavy atom. The Bertz CT molecular complexity index is 744. The van der Waals surface area contributed by atoms with Crippen LogP contribution in [0.15, 0.2) is 48.6 Å². The van der Waals surface area contributed by atoms with Gasteiger partial charge in [0.2, 0.25) is 0 Å². The minimum absolute atomic E-state index is 0.288. The predicted octanol–water partition coefficient (Wildman–Crippen LogP) is 14.7. The summed E-state index contributed by atoms with van der Waals surface area (Å²) in [5.74, 6) is 0.494. The average molecular weight is 639 g/mol. The second-order valence-corrected chi connectivity index (χ2v) is 14.8. The first kappa shape index (κ1) is 41.1. The highest BCUT2D eigenvalue weighted by Gasteiger charge is 2.48. The Balaban J connectivity index is 1.53. The maximum absolute atomic E-state index is 6.82. The fourth-order valence-corrected chi connectivity index (χ4v) is 7.27. The van der Waals surface area contributed by atoms with Crippen LogP contribution in [0.4, 0.5) is 0 Å². The third-order valence-electron chi connectivity index (χ3n) is 10.2. The van der Waals surface area contributed by atoms with Crippen LogP contribution in [-0.2, 0) is 9.47 Å². The zero-order valence-electron chi connectivity index (χ0n) is 31.2. The molecule has 1 aliphatic carbocycles. The summed E-state index contributed by atoms with van der Waals surface area (Å²) in [7, 11) is 0. The molecule has 2 aliphatic rings. The van der Waals surface area contributed by atoms with Crippen LogP contribution in [0.5, 0.6) is 0 Å². The third kappa shape index (κ3) is 21.0. The smallest absolute Gasteiger partial charge is 0.169 e. The summed E-state index contributed by atoms with van der Waals surface area (Å²) < 4.78 is 13.6. The molecule has 1 saturated heterocycles. The van der Waals surface area contributed by atoms with Gasteiger partial charge >= 0.3 is 0 Å². The fourth-order valence-electron chi connectivity index (χ4n) is 7.27. The summed E-state index contributed by atoms with van der Waals surface area (Å²) in [4.78, 5) is 0. The van der Waals surface area contributed by atoms with E-state index in [4.69, 9.17) is 9.47 Å². The Morgan fingerprint density at radius 1 is 0.457 bits per heavy atom. The van der Waals surface area contributed by atoms with Crippen molar-refractivity contribution in [1.82, 2.24) is 0 Å². The molecule has 0 spiro atoms. The lowest BCUT2D eigenvalue weighted by Gasteiger charge is -2.28. The molecular formula is C44H78O2. The van der Waals surface area contributed by atoms with Crippen LogP contribution in [0.25, 0.3) is 0 Å². The summed E-state index contributed by atoms with van der Waals surface area (Å²) in [6.45, 7) is 6.94. The van der Waals surface area contributed by atoms with Gasteiger partial charge in [0.15, 0.2) is 5.79 Å². The lowest BCUT2D eigenvalue weighted by molar-refractivity contribution is -0.186. The molecule has 0 unspecified atom stereocenters.